The lowest BCUT2D eigenvalue weighted by Crippen LogP contribution is -2.21. The minimum Gasteiger partial charge on any atom is -0.360 e. The molecule has 2 aromatic carbocycles. The number of nitrogens with zero attached hydrogens (tertiary/aromatic N) is 2. The predicted molar refractivity (Wildman–Crippen MR) is 116 cm³/mol. The molecule has 4 heteroatoms. The fraction of sp³-hybridized carbons (Fsp3) is 0.304. The van der Waals surface area contributed by atoms with Crippen molar-refractivity contribution in [3.63, 3.8) is 0 Å². The van der Waals surface area contributed by atoms with E-state index in [2.05, 4.69) is 17.1 Å². The number of aromatic nitrogens is 1. The first-order valence-electron chi connectivity index (χ1n) is 9.66. The van der Waals surface area contributed by atoms with E-state index in [-0.39, 0.29) is 5.91 Å². The highest BCUT2D eigenvalue weighted by Gasteiger charge is 2.15. The molecule has 1 heterocycles. The molecule has 0 atom stereocenters. The number of pyridine rings is 1. The van der Waals surface area contributed by atoms with Gasteiger partial charge in [0.15, 0.2) is 0 Å². The number of hydrogen-bond donors (Lipinski definition) is 1. The highest BCUT2D eigenvalue weighted by molar-refractivity contribution is 6.13. The Morgan fingerprint density at radius 2 is 1.70 bits per heavy atom. The van der Waals surface area contributed by atoms with Crippen molar-refractivity contribution in [3.8, 4) is 0 Å². The fourth-order valence-electron chi connectivity index (χ4n) is 2.77. The number of fused-ring (bicyclic) bond motifs is 1. The van der Waals surface area contributed by atoms with Gasteiger partial charge in [-0.1, -0.05) is 63.6 Å². The van der Waals surface area contributed by atoms with Gasteiger partial charge in [-0.3, -0.25) is 4.79 Å². The first-order valence-corrected chi connectivity index (χ1v) is 9.66. The zero-order chi connectivity index (χ0) is 19.6. The Kier molecular flexibility index (Phi) is 7.80. The molecule has 1 aromatic heterocycles. The van der Waals surface area contributed by atoms with E-state index in [0.717, 1.165) is 41.8 Å². The van der Waals surface area contributed by atoms with E-state index in [1.165, 1.54) is 0 Å². The minimum absolute atomic E-state index is 0.116. The molecule has 0 spiro atoms. The first-order chi connectivity index (χ1) is 13.2. The maximum Gasteiger partial charge on any atom is 0.256 e. The molecular weight excluding hydrogens is 334 g/mol. The summed E-state index contributed by atoms with van der Waals surface area (Å²) in [5.41, 5.74) is 2.27. The van der Waals surface area contributed by atoms with Gasteiger partial charge in [-0.25, -0.2) is 4.98 Å². The van der Waals surface area contributed by atoms with Crippen LogP contribution in [0.3, 0.4) is 0 Å². The van der Waals surface area contributed by atoms with Crippen molar-refractivity contribution in [2.24, 2.45) is 0 Å². The molecule has 3 aromatic rings. The molecule has 0 aliphatic rings. The standard InChI is InChI=1S/C21H23N3O.C2H6/c1-3-4-14-24(2)20-15-18(17-12-8-9-13-19(17)23-20)21(25)22-16-10-6-5-7-11-16;1-2/h5-13,15H,3-4,14H2,1-2H3,(H,22,25);1-2H3. The van der Waals surface area contributed by atoms with Crippen LogP contribution >= 0.6 is 0 Å². The van der Waals surface area contributed by atoms with E-state index < -0.39 is 0 Å². The summed E-state index contributed by atoms with van der Waals surface area (Å²) >= 11 is 0. The van der Waals surface area contributed by atoms with Gasteiger partial charge < -0.3 is 10.2 Å². The van der Waals surface area contributed by atoms with Crippen LogP contribution in [0, 0.1) is 0 Å². The van der Waals surface area contributed by atoms with Gasteiger partial charge in [0.1, 0.15) is 5.82 Å². The summed E-state index contributed by atoms with van der Waals surface area (Å²) in [5.74, 6) is 0.709. The molecular formula is C23H29N3O. The summed E-state index contributed by atoms with van der Waals surface area (Å²) in [4.78, 5) is 19.7. The Bertz CT molecular complexity index is 862. The first kappa shape index (κ1) is 20.4. The second-order valence-corrected chi connectivity index (χ2v) is 6.14. The molecule has 0 aliphatic heterocycles. The summed E-state index contributed by atoms with van der Waals surface area (Å²) in [5, 5.41) is 3.84. The highest BCUT2D eigenvalue weighted by Crippen LogP contribution is 2.24. The van der Waals surface area contributed by atoms with Gasteiger partial charge in [0.2, 0.25) is 0 Å². The third kappa shape index (κ3) is 5.30. The molecule has 4 nitrogen and oxygen atoms in total. The lowest BCUT2D eigenvalue weighted by molar-refractivity contribution is 0.102. The largest absolute Gasteiger partial charge is 0.360 e. The Morgan fingerprint density at radius 3 is 2.41 bits per heavy atom. The zero-order valence-electron chi connectivity index (χ0n) is 16.7. The molecule has 0 bridgehead atoms. The van der Waals surface area contributed by atoms with Crippen LogP contribution in [-0.4, -0.2) is 24.5 Å². The van der Waals surface area contributed by atoms with Crippen molar-refractivity contribution < 1.29 is 4.79 Å². The molecule has 0 saturated carbocycles. The van der Waals surface area contributed by atoms with Crippen LogP contribution in [0.2, 0.25) is 0 Å². The zero-order valence-corrected chi connectivity index (χ0v) is 16.7. The number of carbonyl (C=O) groups excluding carboxylic acids is 1. The molecule has 0 radical (unpaired) electrons. The maximum atomic E-state index is 12.9. The number of para-hydroxylation sites is 2. The van der Waals surface area contributed by atoms with E-state index in [0.29, 0.717) is 5.56 Å². The smallest absolute Gasteiger partial charge is 0.256 e. The number of anilines is 2. The predicted octanol–water partition coefficient (Wildman–Crippen LogP) is 5.75. The van der Waals surface area contributed by atoms with E-state index in [4.69, 9.17) is 4.98 Å². The van der Waals surface area contributed by atoms with Crippen LogP contribution in [0.25, 0.3) is 10.9 Å². The van der Waals surface area contributed by atoms with Crippen LogP contribution in [0.15, 0.2) is 60.7 Å². The van der Waals surface area contributed by atoms with Crippen molar-refractivity contribution in [1.29, 1.82) is 0 Å². The lowest BCUT2D eigenvalue weighted by Gasteiger charge is -2.19. The van der Waals surface area contributed by atoms with Crippen molar-refractivity contribution in [2.45, 2.75) is 33.6 Å². The molecule has 1 N–H and O–H groups in total. The third-order valence-corrected chi connectivity index (χ3v) is 4.22. The van der Waals surface area contributed by atoms with E-state index >= 15 is 0 Å². The molecule has 0 unspecified atom stereocenters. The SMILES string of the molecule is CC.CCCCN(C)c1cc(C(=O)Nc2ccccc2)c2ccccc2n1. The minimum atomic E-state index is -0.116. The quantitative estimate of drug-likeness (QED) is 0.606. The summed E-state index contributed by atoms with van der Waals surface area (Å²) < 4.78 is 0. The van der Waals surface area contributed by atoms with Crippen LogP contribution in [0.4, 0.5) is 11.5 Å². The summed E-state index contributed by atoms with van der Waals surface area (Å²) in [6.07, 6.45) is 2.22. The van der Waals surface area contributed by atoms with Gasteiger partial charge in [-0.05, 0) is 30.7 Å². The average molecular weight is 364 g/mol. The third-order valence-electron chi connectivity index (χ3n) is 4.22. The lowest BCUT2D eigenvalue weighted by atomic mass is 10.1. The molecule has 0 aliphatic carbocycles. The number of carbonyl (C=O) groups is 1. The van der Waals surface area contributed by atoms with Gasteiger partial charge in [0.25, 0.3) is 5.91 Å². The van der Waals surface area contributed by atoms with Gasteiger partial charge in [-0.15, -0.1) is 0 Å². The number of hydrogen-bond acceptors (Lipinski definition) is 3. The van der Waals surface area contributed by atoms with Gasteiger partial charge in [0, 0.05) is 24.7 Å². The van der Waals surface area contributed by atoms with Crippen molar-refractivity contribution in [3.05, 3.63) is 66.2 Å². The summed E-state index contributed by atoms with van der Waals surface area (Å²) in [7, 11) is 2.02. The summed E-state index contributed by atoms with van der Waals surface area (Å²) in [6.45, 7) is 7.09. The second-order valence-electron chi connectivity index (χ2n) is 6.14. The van der Waals surface area contributed by atoms with E-state index in [9.17, 15) is 4.79 Å². The maximum absolute atomic E-state index is 12.9. The number of amides is 1. The van der Waals surface area contributed by atoms with Gasteiger partial charge in [-0.2, -0.15) is 0 Å². The second kappa shape index (κ2) is 10.3. The van der Waals surface area contributed by atoms with Gasteiger partial charge >= 0.3 is 0 Å². The molecule has 0 fully saturated rings. The molecule has 1 amide bonds. The monoisotopic (exact) mass is 363 g/mol. The number of rotatable bonds is 6. The topological polar surface area (TPSA) is 45.2 Å². The van der Waals surface area contributed by atoms with E-state index in [1.807, 2.05) is 81.6 Å². The Labute approximate surface area is 162 Å². The highest BCUT2D eigenvalue weighted by atomic mass is 16.1. The van der Waals surface area contributed by atoms with Crippen LogP contribution in [0.5, 0.6) is 0 Å². The summed E-state index contributed by atoms with van der Waals surface area (Å²) in [6, 6.07) is 19.2. The number of unbranched alkanes of at least 4 members (excludes halogenated alkanes) is 1. The Balaban J connectivity index is 0.00000126. The molecule has 142 valence electrons. The number of nitrogens with one attached hydrogen (secondary N) is 1. The Morgan fingerprint density at radius 1 is 1.04 bits per heavy atom. The average Bonchev–Trinajstić information content (AvgIpc) is 2.73. The number of benzene rings is 2. The van der Waals surface area contributed by atoms with Crippen LogP contribution < -0.4 is 10.2 Å². The molecule has 27 heavy (non-hydrogen) atoms. The van der Waals surface area contributed by atoms with Crippen molar-refractivity contribution in [1.82, 2.24) is 4.98 Å². The normalized spacial score (nSPS) is 10.1. The van der Waals surface area contributed by atoms with Gasteiger partial charge in [0.05, 0.1) is 11.1 Å². The van der Waals surface area contributed by atoms with Crippen LogP contribution in [-0.2, 0) is 0 Å². The van der Waals surface area contributed by atoms with Crippen molar-refractivity contribution >= 4 is 28.3 Å². The van der Waals surface area contributed by atoms with Crippen molar-refractivity contribution in [2.75, 3.05) is 23.8 Å². The molecule has 3 rings (SSSR count). The van der Waals surface area contributed by atoms with Crippen LogP contribution in [0.1, 0.15) is 44.0 Å². The molecule has 0 saturated heterocycles. The fourth-order valence-corrected chi connectivity index (χ4v) is 2.77. The Hall–Kier alpha value is -2.88. The van der Waals surface area contributed by atoms with E-state index in [1.54, 1.807) is 0 Å².